The number of methoxy groups -OCH3 is 3. The second-order valence-electron chi connectivity index (χ2n) is 9.54. The Bertz CT molecular complexity index is 1700. The molecule has 1 aliphatic heterocycles. The molecule has 0 atom stereocenters. The average molecular weight is 585 g/mol. The van der Waals surface area contributed by atoms with Crippen molar-refractivity contribution in [1.29, 1.82) is 0 Å². The number of hydrogen-bond acceptors (Lipinski definition) is 10. The number of ether oxygens (including phenoxy) is 4. The van der Waals surface area contributed by atoms with Crippen LogP contribution in [0.3, 0.4) is 0 Å². The Kier molecular flexibility index (Phi) is 7.89. The molecule has 11 heteroatoms. The number of anilines is 3. The first-order valence-electron chi connectivity index (χ1n) is 13.4. The summed E-state index contributed by atoms with van der Waals surface area (Å²) >= 11 is 6.14. The molecule has 0 amide bonds. The normalized spacial score (nSPS) is 13.2. The molecule has 10 nitrogen and oxygen atoms in total. The molecule has 0 radical (unpaired) electrons. The van der Waals surface area contributed by atoms with Crippen LogP contribution in [0, 0.1) is 0 Å². The average Bonchev–Trinajstić information content (AvgIpc) is 3.04. The first-order valence-corrected chi connectivity index (χ1v) is 13.7. The quantitative estimate of drug-likeness (QED) is 0.233. The lowest BCUT2D eigenvalue weighted by Gasteiger charge is -2.27. The Morgan fingerprint density at radius 2 is 1.48 bits per heavy atom. The van der Waals surface area contributed by atoms with Gasteiger partial charge in [0.15, 0.2) is 11.5 Å². The maximum Gasteiger partial charge on any atom is 0.226 e. The van der Waals surface area contributed by atoms with Crippen molar-refractivity contribution in [3.63, 3.8) is 0 Å². The molecule has 0 aliphatic carbocycles. The molecule has 2 aromatic heterocycles. The lowest BCUT2D eigenvalue weighted by atomic mass is 10.1. The van der Waals surface area contributed by atoms with Gasteiger partial charge in [-0.1, -0.05) is 23.7 Å². The lowest BCUT2D eigenvalue weighted by Crippen LogP contribution is -2.37. The first kappa shape index (κ1) is 27.5. The highest BCUT2D eigenvalue weighted by Crippen LogP contribution is 2.41. The number of nitrogens with zero attached hydrogens (tertiary/aromatic N) is 5. The fourth-order valence-corrected chi connectivity index (χ4v) is 5.02. The highest BCUT2D eigenvalue weighted by atomic mass is 35.5. The SMILES string of the molecule is COc1cc(-c2cc(-c3ccc(Nc4ncnc5cc(Cl)ccc45)cc3)nc(N3CCOCC3)n2)cc(OC)c1OC. The number of rotatable bonds is 8. The zero-order valence-electron chi connectivity index (χ0n) is 23.4. The monoisotopic (exact) mass is 584 g/mol. The van der Waals surface area contributed by atoms with E-state index in [1.54, 1.807) is 21.3 Å². The Labute approximate surface area is 248 Å². The molecular weight excluding hydrogens is 556 g/mol. The summed E-state index contributed by atoms with van der Waals surface area (Å²) in [6, 6.07) is 19.3. The largest absolute Gasteiger partial charge is 0.493 e. The van der Waals surface area contributed by atoms with E-state index < -0.39 is 0 Å². The molecule has 1 saturated heterocycles. The van der Waals surface area contributed by atoms with Gasteiger partial charge >= 0.3 is 0 Å². The molecule has 1 aliphatic rings. The molecule has 0 bridgehead atoms. The Morgan fingerprint density at radius 1 is 0.786 bits per heavy atom. The molecule has 1 fully saturated rings. The van der Waals surface area contributed by atoms with E-state index in [2.05, 4.69) is 20.2 Å². The molecule has 5 aromatic rings. The highest BCUT2D eigenvalue weighted by Gasteiger charge is 2.20. The molecule has 0 unspecified atom stereocenters. The van der Waals surface area contributed by atoms with Crippen molar-refractivity contribution in [2.24, 2.45) is 0 Å². The predicted molar refractivity (Wildman–Crippen MR) is 163 cm³/mol. The minimum Gasteiger partial charge on any atom is -0.493 e. The maximum atomic E-state index is 6.14. The molecule has 3 heterocycles. The maximum absolute atomic E-state index is 6.14. The Balaban J connectivity index is 1.37. The number of morpholine rings is 1. The summed E-state index contributed by atoms with van der Waals surface area (Å²) in [7, 11) is 4.78. The molecule has 42 heavy (non-hydrogen) atoms. The number of fused-ring (bicyclic) bond motifs is 1. The van der Waals surface area contributed by atoms with Crippen molar-refractivity contribution in [3.8, 4) is 39.8 Å². The summed E-state index contributed by atoms with van der Waals surface area (Å²) < 4.78 is 22.3. The van der Waals surface area contributed by atoms with Crippen molar-refractivity contribution in [2.75, 3.05) is 57.8 Å². The second-order valence-corrected chi connectivity index (χ2v) is 9.97. The van der Waals surface area contributed by atoms with Gasteiger partial charge in [0.25, 0.3) is 0 Å². The second kappa shape index (κ2) is 12.1. The number of halogens is 1. The predicted octanol–water partition coefficient (Wildman–Crippen LogP) is 6.01. The fourth-order valence-electron chi connectivity index (χ4n) is 4.85. The van der Waals surface area contributed by atoms with Gasteiger partial charge in [0, 0.05) is 40.3 Å². The number of hydrogen-bond donors (Lipinski definition) is 1. The van der Waals surface area contributed by atoms with Gasteiger partial charge in [0.1, 0.15) is 12.1 Å². The van der Waals surface area contributed by atoms with Crippen molar-refractivity contribution in [3.05, 3.63) is 72.0 Å². The summed E-state index contributed by atoms with van der Waals surface area (Å²) in [5.74, 6) is 2.96. The van der Waals surface area contributed by atoms with Gasteiger partial charge in [-0.05, 0) is 48.5 Å². The van der Waals surface area contributed by atoms with E-state index in [1.165, 1.54) is 6.33 Å². The van der Waals surface area contributed by atoms with E-state index in [0.29, 0.717) is 60.3 Å². The van der Waals surface area contributed by atoms with Crippen molar-refractivity contribution >= 4 is 40.0 Å². The van der Waals surface area contributed by atoms with Crippen LogP contribution < -0.4 is 24.4 Å². The summed E-state index contributed by atoms with van der Waals surface area (Å²) in [4.78, 5) is 20.8. The van der Waals surface area contributed by atoms with Gasteiger partial charge < -0.3 is 29.2 Å². The molecule has 214 valence electrons. The van der Waals surface area contributed by atoms with Crippen molar-refractivity contribution in [1.82, 2.24) is 19.9 Å². The third-order valence-electron chi connectivity index (χ3n) is 7.01. The molecular formula is C31H29ClN6O4. The van der Waals surface area contributed by atoms with E-state index in [0.717, 1.165) is 39.1 Å². The molecule has 0 spiro atoms. The van der Waals surface area contributed by atoms with Crippen LogP contribution in [0.4, 0.5) is 17.5 Å². The molecule has 0 saturated carbocycles. The highest BCUT2D eigenvalue weighted by molar-refractivity contribution is 6.31. The van der Waals surface area contributed by atoms with E-state index in [1.807, 2.05) is 60.7 Å². The fraction of sp³-hybridized carbons (Fsp3) is 0.226. The van der Waals surface area contributed by atoms with Crippen LogP contribution in [0.2, 0.25) is 5.02 Å². The number of aromatic nitrogens is 4. The smallest absolute Gasteiger partial charge is 0.226 e. The third-order valence-corrected chi connectivity index (χ3v) is 7.25. The summed E-state index contributed by atoms with van der Waals surface area (Å²) in [6.07, 6.45) is 1.52. The minimum absolute atomic E-state index is 0.522. The lowest BCUT2D eigenvalue weighted by molar-refractivity contribution is 0.122. The van der Waals surface area contributed by atoms with Crippen LogP contribution in [-0.4, -0.2) is 67.6 Å². The van der Waals surface area contributed by atoms with E-state index in [9.17, 15) is 0 Å². The van der Waals surface area contributed by atoms with Crippen molar-refractivity contribution < 1.29 is 18.9 Å². The zero-order chi connectivity index (χ0) is 29.1. The van der Waals surface area contributed by atoms with E-state index in [-0.39, 0.29) is 0 Å². The van der Waals surface area contributed by atoms with Gasteiger partial charge in [0.2, 0.25) is 11.7 Å². The van der Waals surface area contributed by atoms with E-state index >= 15 is 0 Å². The summed E-state index contributed by atoms with van der Waals surface area (Å²) in [5, 5.41) is 4.90. The van der Waals surface area contributed by atoms with Crippen LogP contribution >= 0.6 is 11.6 Å². The summed E-state index contributed by atoms with van der Waals surface area (Å²) in [6.45, 7) is 2.66. The zero-order valence-corrected chi connectivity index (χ0v) is 24.2. The van der Waals surface area contributed by atoms with Crippen LogP contribution in [0.1, 0.15) is 0 Å². The molecule has 6 rings (SSSR count). The minimum atomic E-state index is 0.522. The van der Waals surface area contributed by atoms with Crippen LogP contribution in [0.25, 0.3) is 33.4 Å². The molecule has 3 aromatic carbocycles. The van der Waals surface area contributed by atoms with Gasteiger partial charge in [-0.25, -0.2) is 19.9 Å². The van der Waals surface area contributed by atoms with Crippen LogP contribution in [0.5, 0.6) is 17.2 Å². The van der Waals surface area contributed by atoms with Gasteiger partial charge in [-0.3, -0.25) is 0 Å². The topological polar surface area (TPSA) is 104 Å². The Morgan fingerprint density at radius 3 is 2.14 bits per heavy atom. The van der Waals surface area contributed by atoms with Crippen molar-refractivity contribution in [2.45, 2.75) is 0 Å². The number of benzene rings is 3. The molecule has 1 N–H and O–H groups in total. The third kappa shape index (κ3) is 5.59. The van der Waals surface area contributed by atoms with Crippen LogP contribution in [0.15, 0.2) is 67.0 Å². The van der Waals surface area contributed by atoms with Gasteiger partial charge in [-0.2, -0.15) is 0 Å². The standard InChI is InChI=1S/C31H29ClN6O4/c1-39-27-14-20(15-28(40-2)29(27)41-3)25-17-24(36-31(37-25)38-10-12-42-13-11-38)19-4-7-22(8-5-19)35-30-23-9-6-21(32)16-26(23)33-18-34-30/h4-9,14-18H,10-13H2,1-3H3,(H,33,34,35). The Hall–Kier alpha value is -4.67. The first-order chi connectivity index (χ1) is 20.6. The van der Waals surface area contributed by atoms with Crippen LogP contribution in [-0.2, 0) is 4.74 Å². The van der Waals surface area contributed by atoms with Gasteiger partial charge in [0.05, 0.1) is 51.4 Å². The summed E-state index contributed by atoms with van der Waals surface area (Å²) in [5.41, 5.74) is 4.91. The number of nitrogens with one attached hydrogen (secondary N) is 1. The van der Waals surface area contributed by atoms with E-state index in [4.69, 9.17) is 40.5 Å². The van der Waals surface area contributed by atoms with Gasteiger partial charge in [-0.15, -0.1) is 0 Å².